The molecule has 2 rings (SSSR count). The minimum atomic E-state index is -1.02. The molecule has 5 N–H and O–H groups in total. The highest BCUT2D eigenvalue weighted by Gasteiger charge is 2.24. The molecule has 0 spiro atoms. The number of nitrogens with zero attached hydrogens (tertiary/aromatic N) is 2. The molecule has 0 saturated carbocycles. The SMILES string of the molecule is CCOC(=N)c1cnc(NC(=O)NC(C(=O)N(C)C)c2ccc(F)cc2)cc1N. The summed E-state index contributed by atoms with van der Waals surface area (Å²) in [5.41, 5.74) is 6.82. The highest BCUT2D eigenvalue weighted by Crippen LogP contribution is 2.18. The van der Waals surface area contributed by atoms with Crippen molar-refractivity contribution in [3.8, 4) is 0 Å². The number of likely N-dealkylation sites (N-methyl/N-ethyl adjacent to an activating group) is 1. The number of aromatic nitrogens is 1. The second kappa shape index (κ2) is 9.49. The second-order valence-corrected chi connectivity index (χ2v) is 6.23. The van der Waals surface area contributed by atoms with E-state index in [0.717, 1.165) is 0 Å². The minimum Gasteiger partial charge on any atom is -0.478 e. The van der Waals surface area contributed by atoms with Crippen LogP contribution in [0.3, 0.4) is 0 Å². The molecule has 154 valence electrons. The summed E-state index contributed by atoms with van der Waals surface area (Å²) in [4.78, 5) is 30.2. The van der Waals surface area contributed by atoms with E-state index < -0.39 is 17.9 Å². The van der Waals surface area contributed by atoms with Crippen LogP contribution in [0.2, 0.25) is 0 Å². The fourth-order valence-corrected chi connectivity index (χ4v) is 2.44. The largest absolute Gasteiger partial charge is 0.478 e. The number of urea groups is 1. The van der Waals surface area contributed by atoms with Crippen molar-refractivity contribution in [2.24, 2.45) is 0 Å². The quantitative estimate of drug-likeness (QED) is 0.434. The van der Waals surface area contributed by atoms with E-state index in [1.807, 2.05) is 0 Å². The Hall–Kier alpha value is -3.69. The molecule has 0 fully saturated rings. The first kappa shape index (κ1) is 21.6. The molecule has 0 saturated heterocycles. The Balaban J connectivity index is 2.15. The normalized spacial score (nSPS) is 11.3. The molecular weight excluding hydrogens is 379 g/mol. The summed E-state index contributed by atoms with van der Waals surface area (Å²) in [6, 6.07) is 4.92. The highest BCUT2D eigenvalue weighted by atomic mass is 19.1. The average molecular weight is 402 g/mol. The number of nitrogens with two attached hydrogens (primary N) is 1. The van der Waals surface area contributed by atoms with Crippen molar-refractivity contribution in [3.63, 3.8) is 0 Å². The van der Waals surface area contributed by atoms with Crippen molar-refractivity contribution >= 4 is 29.3 Å². The fraction of sp³-hybridized carbons (Fsp3) is 0.263. The highest BCUT2D eigenvalue weighted by molar-refractivity contribution is 5.98. The van der Waals surface area contributed by atoms with E-state index in [0.29, 0.717) is 17.7 Å². The molecule has 0 radical (unpaired) electrons. The molecule has 1 heterocycles. The number of ether oxygens (including phenoxy) is 1. The number of halogens is 1. The topological polar surface area (TPSA) is 133 Å². The first-order valence-corrected chi connectivity index (χ1v) is 8.74. The molecule has 0 aliphatic heterocycles. The van der Waals surface area contributed by atoms with Crippen LogP contribution < -0.4 is 16.4 Å². The molecule has 0 aliphatic carbocycles. The lowest BCUT2D eigenvalue weighted by atomic mass is 10.1. The van der Waals surface area contributed by atoms with Crippen molar-refractivity contribution in [3.05, 3.63) is 53.5 Å². The van der Waals surface area contributed by atoms with Crippen molar-refractivity contribution in [1.29, 1.82) is 5.41 Å². The van der Waals surface area contributed by atoms with Crippen LogP contribution in [0.25, 0.3) is 0 Å². The molecule has 10 heteroatoms. The lowest BCUT2D eigenvalue weighted by molar-refractivity contribution is -0.130. The summed E-state index contributed by atoms with van der Waals surface area (Å²) in [6.45, 7) is 2.05. The molecule has 9 nitrogen and oxygen atoms in total. The van der Waals surface area contributed by atoms with Gasteiger partial charge in [-0.1, -0.05) is 12.1 Å². The van der Waals surface area contributed by atoms with Gasteiger partial charge in [-0.2, -0.15) is 0 Å². The Morgan fingerprint density at radius 1 is 1.31 bits per heavy atom. The van der Waals surface area contributed by atoms with Gasteiger partial charge in [-0.25, -0.2) is 14.2 Å². The van der Waals surface area contributed by atoms with Gasteiger partial charge >= 0.3 is 6.03 Å². The third-order valence-electron chi connectivity index (χ3n) is 3.88. The Kier molecular flexibility index (Phi) is 7.07. The van der Waals surface area contributed by atoms with E-state index in [9.17, 15) is 14.0 Å². The van der Waals surface area contributed by atoms with Crippen LogP contribution in [0.15, 0.2) is 36.5 Å². The number of anilines is 2. The number of hydrogen-bond donors (Lipinski definition) is 4. The molecule has 1 aromatic carbocycles. The molecule has 3 amide bonds. The Morgan fingerprint density at radius 2 is 1.97 bits per heavy atom. The molecule has 29 heavy (non-hydrogen) atoms. The Morgan fingerprint density at radius 3 is 2.52 bits per heavy atom. The van der Waals surface area contributed by atoms with Crippen LogP contribution in [-0.4, -0.2) is 48.4 Å². The predicted molar refractivity (Wildman–Crippen MR) is 107 cm³/mol. The van der Waals surface area contributed by atoms with Gasteiger partial charge < -0.3 is 20.7 Å². The van der Waals surface area contributed by atoms with Gasteiger partial charge in [-0.3, -0.25) is 15.5 Å². The number of carbonyl (C=O) groups excluding carboxylic acids is 2. The summed E-state index contributed by atoms with van der Waals surface area (Å²) in [6.07, 6.45) is 1.31. The van der Waals surface area contributed by atoms with Gasteiger partial charge in [0.1, 0.15) is 17.7 Å². The molecule has 1 atom stereocenters. The lowest BCUT2D eigenvalue weighted by Gasteiger charge is -2.22. The van der Waals surface area contributed by atoms with Gasteiger partial charge in [-0.05, 0) is 24.6 Å². The number of pyridine rings is 1. The summed E-state index contributed by atoms with van der Waals surface area (Å²) >= 11 is 0. The first-order chi connectivity index (χ1) is 13.7. The fourth-order valence-electron chi connectivity index (χ4n) is 2.44. The van der Waals surface area contributed by atoms with E-state index in [-0.39, 0.29) is 23.3 Å². The zero-order valence-corrected chi connectivity index (χ0v) is 16.3. The zero-order valence-electron chi connectivity index (χ0n) is 16.3. The number of nitrogen functional groups attached to an aromatic ring is 1. The van der Waals surface area contributed by atoms with Crippen LogP contribution in [0.1, 0.15) is 24.1 Å². The van der Waals surface area contributed by atoms with Crippen LogP contribution >= 0.6 is 0 Å². The maximum atomic E-state index is 13.2. The van der Waals surface area contributed by atoms with Crippen molar-refractivity contribution in [2.45, 2.75) is 13.0 Å². The second-order valence-electron chi connectivity index (χ2n) is 6.23. The van der Waals surface area contributed by atoms with Crippen LogP contribution in [-0.2, 0) is 9.53 Å². The van der Waals surface area contributed by atoms with Crippen LogP contribution in [0.4, 0.5) is 20.7 Å². The van der Waals surface area contributed by atoms with Gasteiger partial charge in [0.15, 0.2) is 0 Å². The zero-order chi connectivity index (χ0) is 21.6. The maximum Gasteiger partial charge on any atom is 0.321 e. The van der Waals surface area contributed by atoms with E-state index in [1.165, 1.54) is 41.4 Å². The van der Waals surface area contributed by atoms with Gasteiger partial charge in [0.2, 0.25) is 11.8 Å². The smallest absolute Gasteiger partial charge is 0.321 e. The van der Waals surface area contributed by atoms with E-state index in [4.69, 9.17) is 15.9 Å². The van der Waals surface area contributed by atoms with Gasteiger partial charge in [0.05, 0.1) is 12.2 Å². The van der Waals surface area contributed by atoms with Crippen molar-refractivity contribution in [2.75, 3.05) is 31.8 Å². The van der Waals surface area contributed by atoms with Crippen molar-refractivity contribution < 1.29 is 18.7 Å². The number of nitrogens with one attached hydrogen (secondary N) is 3. The van der Waals surface area contributed by atoms with E-state index in [2.05, 4.69) is 15.6 Å². The standard InChI is InChI=1S/C19H23FN6O3/c1-4-29-17(22)13-10-23-15(9-14(13)21)24-19(28)25-16(18(27)26(2)3)11-5-7-12(20)8-6-11/h5-10,16,22H,4H2,1-3H3,(H4,21,23,24,25,28). The summed E-state index contributed by atoms with van der Waals surface area (Å²) in [5.74, 6) is -0.837. The molecular formula is C19H23FN6O3. The molecule has 0 bridgehead atoms. The number of hydrogen-bond acceptors (Lipinski definition) is 6. The number of rotatable bonds is 6. The number of carbonyl (C=O) groups is 2. The summed E-state index contributed by atoms with van der Waals surface area (Å²) in [7, 11) is 3.10. The maximum absolute atomic E-state index is 13.2. The predicted octanol–water partition coefficient (Wildman–Crippen LogP) is 2.12. The average Bonchev–Trinajstić information content (AvgIpc) is 2.66. The van der Waals surface area contributed by atoms with E-state index >= 15 is 0 Å². The molecule has 1 unspecified atom stereocenters. The van der Waals surface area contributed by atoms with Gasteiger partial charge in [-0.15, -0.1) is 0 Å². The van der Waals surface area contributed by atoms with Gasteiger partial charge in [0.25, 0.3) is 0 Å². The monoisotopic (exact) mass is 402 g/mol. The minimum absolute atomic E-state index is 0.124. The molecule has 0 aliphatic rings. The summed E-state index contributed by atoms with van der Waals surface area (Å²) < 4.78 is 18.3. The number of benzene rings is 1. The molecule has 1 aromatic heterocycles. The van der Waals surface area contributed by atoms with Crippen LogP contribution in [0, 0.1) is 11.2 Å². The third kappa shape index (κ3) is 5.64. The van der Waals surface area contributed by atoms with Gasteiger partial charge in [0, 0.05) is 32.0 Å². The lowest BCUT2D eigenvalue weighted by Crippen LogP contribution is -2.41. The summed E-state index contributed by atoms with van der Waals surface area (Å²) in [5, 5.41) is 12.8. The third-order valence-corrected chi connectivity index (χ3v) is 3.88. The first-order valence-electron chi connectivity index (χ1n) is 8.74. The van der Waals surface area contributed by atoms with Crippen LogP contribution in [0.5, 0.6) is 0 Å². The number of amides is 3. The Labute approximate surface area is 167 Å². The Bertz CT molecular complexity index is 901. The van der Waals surface area contributed by atoms with E-state index in [1.54, 1.807) is 21.0 Å². The van der Waals surface area contributed by atoms with Crippen molar-refractivity contribution in [1.82, 2.24) is 15.2 Å². The molecule has 2 aromatic rings.